The summed E-state index contributed by atoms with van der Waals surface area (Å²) in [6.07, 6.45) is 1.15. The number of ether oxygens (including phenoxy) is 1. The van der Waals surface area contributed by atoms with E-state index in [1.54, 1.807) is 0 Å². The molecule has 47 heavy (non-hydrogen) atoms. The minimum atomic E-state index is -3.08. The quantitative estimate of drug-likeness (QED) is 0.245. The molecule has 1 fully saturated rings. The van der Waals surface area contributed by atoms with Crippen molar-refractivity contribution >= 4 is 44.9 Å². The molecule has 8 nitrogen and oxygen atoms in total. The van der Waals surface area contributed by atoms with Gasteiger partial charge in [-0.3, -0.25) is 14.8 Å². The van der Waals surface area contributed by atoms with E-state index >= 15 is 0 Å². The van der Waals surface area contributed by atoms with Crippen LogP contribution in [0.2, 0.25) is 10.0 Å². The van der Waals surface area contributed by atoms with Crippen LogP contribution in [0.25, 0.3) is 0 Å². The normalized spacial score (nSPS) is 19.3. The van der Waals surface area contributed by atoms with Gasteiger partial charge in [-0.15, -0.1) is 0 Å². The van der Waals surface area contributed by atoms with Crippen molar-refractivity contribution in [2.24, 2.45) is 4.99 Å². The van der Waals surface area contributed by atoms with Crippen molar-refractivity contribution in [3.05, 3.63) is 99.0 Å². The molecule has 0 saturated carbocycles. The molecule has 0 radical (unpaired) electrons. The van der Waals surface area contributed by atoms with Gasteiger partial charge in [0.15, 0.2) is 0 Å². The van der Waals surface area contributed by atoms with Gasteiger partial charge >= 0.3 is 6.03 Å². The van der Waals surface area contributed by atoms with Crippen molar-refractivity contribution in [2.75, 3.05) is 44.7 Å². The molecule has 3 aromatic rings. The van der Waals surface area contributed by atoms with Crippen LogP contribution < -0.4 is 4.74 Å². The van der Waals surface area contributed by atoms with Crippen molar-refractivity contribution in [3.8, 4) is 5.75 Å². The van der Waals surface area contributed by atoms with Crippen LogP contribution in [0.4, 0.5) is 4.79 Å². The predicted molar refractivity (Wildman–Crippen MR) is 191 cm³/mol. The second-order valence-corrected chi connectivity index (χ2v) is 16.8. The zero-order valence-electron chi connectivity index (χ0n) is 27.9. The summed E-state index contributed by atoms with van der Waals surface area (Å²) < 4.78 is 30.0. The third-order valence-corrected chi connectivity index (χ3v) is 10.00. The van der Waals surface area contributed by atoms with Gasteiger partial charge in [0.25, 0.3) is 0 Å². The average molecular weight is 700 g/mol. The molecule has 0 N–H and O–H groups in total. The van der Waals surface area contributed by atoms with E-state index in [1.807, 2.05) is 78.2 Å². The second-order valence-electron chi connectivity index (χ2n) is 13.7. The highest BCUT2D eigenvalue weighted by Gasteiger charge is 2.45. The molecule has 3 aromatic carbocycles. The van der Waals surface area contributed by atoms with Crippen molar-refractivity contribution < 1.29 is 17.9 Å². The maximum atomic E-state index is 14.8. The lowest BCUT2D eigenvalue weighted by Crippen LogP contribution is -2.54. The summed E-state index contributed by atoms with van der Waals surface area (Å²) in [6, 6.07) is 20.3. The Kier molecular flexibility index (Phi) is 10.6. The van der Waals surface area contributed by atoms with Gasteiger partial charge in [-0.2, -0.15) is 0 Å². The van der Waals surface area contributed by atoms with E-state index in [2.05, 4.69) is 37.8 Å². The molecule has 2 aliphatic heterocycles. The van der Waals surface area contributed by atoms with E-state index in [0.717, 1.165) is 22.3 Å². The molecule has 11 heteroatoms. The molecule has 1 saturated heterocycles. The van der Waals surface area contributed by atoms with E-state index in [0.29, 0.717) is 54.4 Å². The molecule has 2 aliphatic rings. The molecule has 2 amide bonds. The number of piperazine rings is 1. The van der Waals surface area contributed by atoms with Crippen LogP contribution in [0.3, 0.4) is 0 Å². The Morgan fingerprint density at radius 2 is 1.49 bits per heavy atom. The molecule has 252 valence electrons. The monoisotopic (exact) mass is 698 g/mol. The number of halogens is 2. The van der Waals surface area contributed by atoms with Crippen LogP contribution in [-0.2, 0) is 15.3 Å². The van der Waals surface area contributed by atoms with Crippen molar-refractivity contribution in [1.82, 2.24) is 14.7 Å². The third kappa shape index (κ3) is 8.49. The Labute approximate surface area is 289 Å². The maximum absolute atomic E-state index is 14.8. The lowest BCUT2D eigenvalue weighted by Gasteiger charge is -2.39. The molecular weight excluding hydrogens is 655 g/mol. The zero-order valence-corrected chi connectivity index (χ0v) is 30.2. The Balaban J connectivity index is 1.62. The highest BCUT2D eigenvalue weighted by Crippen LogP contribution is 2.46. The number of carbonyl (C=O) groups excluding carboxylic acids is 1. The first kappa shape index (κ1) is 35.2. The molecule has 2 heterocycles. The number of nitrogens with zero attached hydrogens (tertiary/aromatic N) is 4. The Morgan fingerprint density at radius 1 is 0.915 bits per heavy atom. The van der Waals surface area contributed by atoms with E-state index in [-0.39, 0.29) is 23.3 Å². The molecular formula is C36H44Cl2N4O4S. The lowest BCUT2D eigenvalue weighted by atomic mass is 9.86. The van der Waals surface area contributed by atoms with E-state index in [4.69, 9.17) is 32.9 Å². The van der Waals surface area contributed by atoms with Crippen LogP contribution in [-0.4, -0.2) is 85.8 Å². The van der Waals surface area contributed by atoms with Gasteiger partial charge in [-0.05, 0) is 72.4 Å². The highest BCUT2D eigenvalue weighted by atomic mass is 35.5. The molecule has 0 unspecified atom stereocenters. The average Bonchev–Trinajstić information content (AvgIpc) is 3.40. The molecule has 2 atom stereocenters. The van der Waals surface area contributed by atoms with Crippen LogP contribution in [0.15, 0.2) is 71.7 Å². The number of hydrogen-bond donors (Lipinski definition) is 0. The number of sulfone groups is 1. The van der Waals surface area contributed by atoms with Gasteiger partial charge in [0.05, 0.1) is 23.5 Å². The predicted octanol–water partition coefficient (Wildman–Crippen LogP) is 7.41. The molecule has 0 bridgehead atoms. The summed E-state index contributed by atoms with van der Waals surface area (Å²) in [5, 5.41) is 1.22. The van der Waals surface area contributed by atoms with Gasteiger partial charge in [0.1, 0.15) is 27.5 Å². The fourth-order valence-corrected chi connectivity index (χ4v) is 6.83. The minimum absolute atomic E-state index is 0.0917. The Bertz CT molecular complexity index is 1710. The van der Waals surface area contributed by atoms with Gasteiger partial charge in [0.2, 0.25) is 0 Å². The number of urea groups is 1. The molecule has 5 rings (SSSR count). The van der Waals surface area contributed by atoms with Gasteiger partial charge < -0.3 is 9.64 Å². The number of aliphatic imine (C=N–C) groups is 1. The summed E-state index contributed by atoms with van der Waals surface area (Å²) in [4.78, 5) is 25.9. The van der Waals surface area contributed by atoms with Crippen LogP contribution in [0, 0.1) is 0 Å². The largest absolute Gasteiger partial charge is 0.490 e. The first-order valence-electron chi connectivity index (χ1n) is 16.0. The number of rotatable bonds is 8. The topological polar surface area (TPSA) is 82.5 Å². The number of amides is 2. The number of hydrogen-bond acceptors (Lipinski definition) is 6. The van der Waals surface area contributed by atoms with Gasteiger partial charge in [0, 0.05) is 49.0 Å². The van der Waals surface area contributed by atoms with Crippen LogP contribution >= 0.6 is 23.2 Å². The number of benzene rings is 3. The van der Waals surface area contributed by atoms with Crippen molar-refractivity contribution in [3.63, 3.8) is 0 Å². The van der Waals surface area contributed by atoms with Crippen molar-refractivity contribution in [2.45, 2.75) is 58.2 Å². The second kappa shape index (κ2) is 14.2. The van der Waals surface area contributed by atoms with Crippen LogP contribution in [0.5, 0.6) is 5.75 Å². The maximum Gasteiger partial charge on any atom is 0.326 e. The first-order valence-corrected chi connectivity index (χ1v) is 18.8. The smallest absolute Gasteiger partial charge is 0.326 e. The number of amidine groups is 1. The summed E-state index contributed by atoms with van der Waals surface area (Å²) in [6.45, 7) is 13.0. The fourth-order valence-electron chi connectivity index (χ4n) is 5.99. The Morgan fingerprint density at radius 3 is 2.02 bits per heavy atom. The zero-order chi connectivity index (χ0) is 34.1. The first-order chi connectivity index (χ1) is 22.1. The standard InChI is InChI=1S/C36H44Cl2N4O4S/c1-24(2)46-31-23-27(36(3,4)5)11-16-30(31)34-39-32(25-7-12-28(37)13-8-25)33(26-9-14-29(38)15-10-26)42(34)35(43)41-19-17-40(18-20-41)21-22-47(6,44)45/h7-16,23-24,32-33H,17-22H2,1-6H3/t32-,33+/m0/s1. The summed E-state index contributed by atoms with van der Waals surface area (Å²) in [7, 11) is -3.08. The molecule has 0 aromatic heterocycles. The SMILES string of the molecule is CC(C)Oc1cc(C(C)(C)C)ccc1C1=N[C@@H](c2ccc(Cl)cc2)[C@@H](c2ccc(Cl)cc2)N1C(=O)N1CCN(CCS(C)(=O)=O)CC1. The molecule has 0 aliphatic carbocycles. The van der Waals surface area contributed by atoms with Crippen LogP contribution in [0.1, 0.15) is 69.0 Å². The number of carbonyl (C=O) groups is 1. The van der Waals surface area contributed by atoms with E-state index in [9.17, 15) is 13.2 Å². The summed E-state index contributed by atoms with van der Waals surface area (Å²) >= 11 is 12.6. The van der Waals surface area contributed by atoms with Gasteiger partial charge in [-0.25, -0.2) is 13.2 Å². The summed E-state index contributed by atoms with van der Waals surface area (Å²) in [5.41, 5.74) is 3.55. The van der Waals surface area contributed by atoms with Gasteiger partial charge in [-0.1, -0.05) is 74.3 Å². The highest BCUT2D eigenvalue weighted by molar-refractivity contribution is 7.90. The minimum Gasteiger partial charge on any atom is -0.490 e. The third-order valence-electron chi connectivity index (χ3n) is 8.57. The van der Waals surface area contributed by atoms with E-state index < -0.39 is 21.9 Å². The molecule has 0 spiro atoms. The summed E-state index contributed by atoms with van der Waals surface area (Å²) in [5.74, 6) is 1.29. The lowest BCUT2D eigenvalue weighted by molar-refractivity contribution is 0.122. The fraction of sp³-hybridized carbons (Fsp3) is 0.444. The van der Waals surface area contributed by atoms with E-state index in [1.165, 1.54) is 6.26 Å². The Hall–Kier alpha value is -3.11. The van der Waals surface area contributed by atoms with Crippen molar-refractivity contribution in [1.29, 1.82) is 0 Å².